The van der Waals surface area contributed by atoms with Crippen molar-refractivity contribution in [1.82, 2.24) is 0 Å². The summed E-state index contributed by atoms with van der Waals surface area (Å²) in [5, 5.41) is 8.74. The first kappa shape index (κ1) is 17.4. The second kappa shape index (κ2) is 6.45. The normalized spacial score (nSPS) is 14.0. The van der Waals surface area contributed by atoms with Gasteiger partial charge in [-0.05, 0) is 56.2 Å². The third-order valence-corrected chi connectivity index (χ3v) is 4.19. The summed E-state index contributed by atoms with van der Waals surface area (Å²) in [5.41, 5.74) is 2.76. The van der Waals surface area contributed by atoms with Gasteiger partial charge >= 0.3 is 5.97 Å². The molecule has 1 atom stereocenters. The highest BCUT2D eigenvalue weighted by Gasteiger charge is 2.38. The number of benzene rings is 2. The third-order valence-electron chi connectivity index (χ3n) is 4.19. The Hall–Kier alpha value is -3.46. The largest absolute Gasteiger partial charge is 0.444 e. The first-order chi connectivity index (χ1) is 12.3. The lowest BCUT2D eigenvalue weighted by molar-refractivity contribution is 0.0435. The van der Waals surface area contributed by atoms with Gasteiger partial charge in [-0.1, -0.05) is 12.1 Å². The highest BCUT2D eigenvalue weighted by Crippen LogP contribution is 2.31. The van der Waals surface area contributed by atoms with Crippen LogP contribution >= 0.6 is 0 Å². The van der Waals surface area contributed by atoms with E-state index in [4.69, 9.17) is 10.00 Å². The molecule has 3 rings (SSSR count). The zero-order chi connectivity index (χ0) is 19.0. The summed E-state index contributed by atoms with van der Waals surface area (Å²) in [4.78, 5) is 38.7. The van der Waals surface area contributed by atoms with E-state index < -0.39 is 23.9 Å². The van der Waals surface area contributed by atoms with Crippen LogP contribution in [0.25, 0.3) is 0 Å². The van der Waals surface area contributed by atoms with Gasteiger partial charge in [0.25, 0.3) is 11.8 Å². The van der Waals surface area contributed by atoms with Crippen molar-refractivity contribution in [2.45, 2.75) is 26.9 Å². The Kier molecular flexibility index (Phi) is 4.31. The monoisotopic (exact) mass is 348 g/mol. The number of carbonyl (C=O) groups excluding carboxylic acids is 3. The molecule has 130 valence electrons. The summed E-state index contributed by atoms with van der Waals surface area (Å²) in [6, 6.07) is 11.5. The Bertz CT molecular complexity index is 988. The van der Waals surface area contributed by atoms with E-state index in [1.807, 2.05) is 26.0 Å². The molecule has 0 aliphatic carbocycles. The average Bonchev–Trinajstić information content (AvgIpc) is 2.87. The summed E-state index contributed by atoms with van der Waals surface area (Å²) in [6.45, 7) is 5.15. The van der Waals surface area contributed by atoms with Crippen molar-refractivity contribution in [3.05, 3.63) is 64.2 Å². The minimum absolute atomic E-state index is 0.120. The van der Waals surface area contributed by atoms with Gasteiger partial charge in [-0.3, -0.25) is 9.59 Å². The number of hydrogen-bond acceptors (Lipinski definition) is 5. The predicted molar refractivity (Wildman–Crippen MR) is 94.0 cm³/mol. The average molecular weight is 348 g/mol. The van der Waals surface area contributed by atoms with Crippen LogP contribution in [-0.2, 0) is 4.74 Å². The highest BCUT2D eigenvalue weighted by atomic mass is 16.5. The van der Waals surface area contributed by atoms with Gasteiger partial charge < -0.3 is 4.74 Å². The number of esters is 1. The molecular formula is C20H16N2O4. The number of nitrogens with zero attached hydrogens (tertiary/aromatic N) is 2. The van der Waals surface area contributed by atoms with Crippen molar-refractivity contribution >= 4 is 23.5 Å². The van der Waals surface area contributed by atoms with Crippen LogP contribution in [0.5, 0.6) is 0 Å². The van der Waals surface area contributed by atoms with Crippen molar-refractivity contribution in [1.29, 1.82) is 5.26 Å². The molecule has 2 aromatic rings. The van der Waals surface area contributed by atoms with E-state index in [1.165, 1.54) is 25.1 Å². The van der Waals surface area contributed by atoms with Crippen molar-refractivity contribution in [2.75, 3.05) is 4.90 Å². The smallest absolute Gasteiger partial charge is 0.339 e. The van der Waals surface area contributed by atoms with Crippen molar-refractivity contribution in [3.8, 4) is 6.07 Å². The zero-order valence-electron chi connectivity index (χ0n) is 14.6. The maximum Gasteiger partial charge on any atom is 0.339 e. The summed E-state index contributed by atoms with van der Waals surface area (Å²) in [6.07, 6.45) is -0.903. The number of imide groups is 1. The molecule has 0 radical (unpaired) electrons. The first-order valence-electron chi connectivity index (χ1n) is 8.04. The zero-order valence-corrected chi connectivity index (χ0v) is 14.6. The maximum atomic E-state index is 12.8. The van der Waals surface area contributed by atoms with Gasteiger partial charge in [0.2, 0.25) is 0 Å². The van der Waals surface area contributed by atoms with Crippen molar-refractivity contribution < 1.29 is 19.1 Å². The van der Waals surface area contributed by atoms with Crippen LogP contribution in [0.3, 0.4) is 0 Å². The van der Waals surface area contributed by atoms with Crippen LogP contribution in [0.1, 0.15) is 49.1 Å². The van der Waals surface area contributed by atoms with Gasteiger partial charge in [0.15, 0.2) is 6.10 Å². The lowest BCUT2D eigenvalue weighted by Crippen LogP contribution is -2.30. The maximum absolute atomic E-state index is 12.8. The van der Waals surface area contributed by atoms with Crippen LogP contribution in [0.4, 0.5) is 5.69 Å². The number of aryl methyl sites for hydroxylation is 2. The number of nitriles is 1. The second-order valence-corrected chi connectivity index (χ2v) is 6.17. The third kappa shape index (κ3) is 2.84. The van der Waals surface area contributed by atoms with Gasteiger partial charge in [0, 0.05) is 0 Å². The van der Waals surface area contributed by atoms with Crippen LogP contribution in [0.2, 0.25) is 0 Å². The molecule has 0 bridgehead atoms. The topological polar surface area (TPSA) is 87.5 Å². The van der Waals surface area contributed by atoms with Gasteiger partial charge in [0.1, 0.15) is 6.07 Å². The number of carbonyl (C=O) groups is 3. The lowest BCUT2D eigenvalue weighted by Gasteiger charge is -2.17. The fraction of sp³-hybridized carbons (Fsp3) is 0.200. The molecule has 0 spiro atoms. The molecule has 1 unspecified atom stereocenters. The van der Waals surface area contributed by atoms with E-state index in [9.17, 15) is 14.4 Å². The summed E-state index contributed by atoms with van der Waals surface area (Å²) in [7, 11) is 0. The van der Waals surface area contributed by atoms with Crippen LogP contribution in [0, 0.1) is 25.2 Å². The molecule has 6 heteroatoms. The number of amides is 2. The molecule has 1 aliphatic rings. The molecule has 2 aromatic carbocycles. The quantitative estimate of drug-likeness (QED) is 0.628. The summed E-state index contributed by atoms with van der Waals surface area (Å²) < 4.78 is 4.94. The first-order valence-corrected chi connectivity index (χ1v) is 8.04. The van der Waals surface area contributed by atoms with E-state index >= 15 is 0 Å². The van der Waals surface area contributed by atoms with Gasteiger partial charge in [0.05, 0.1) is 22.4 Å². The van der Waals surface area contributed by atoms with E-state index in [0.29, 0.717) is 5.69 Å². The molecule has 2 amide bonds. The van der Waals surface area contributed by atoms with E-state index in [1.54, 1.807) is 12.1 Å². The highest BCUT2D eigenvalue weighted by molar-refractivity contribution is 6.35. The van der Waals surface area contributed by atoms with Gasteiger partial charge in [-0.2, -0.15) is 5.26 Å². The number of anilines is 1. The lowest BCUT2D eigenvalue weighted by atomic mass is 10.1. The van der Waals surface area contributed by atoms with Gasteiger partial charge in [-0.25, -0.2) is 9.69 Å². The predicted octanol–water partition coefficient (Wildman–Crippen LogP) is 3.17. The Balaban J connectivity index is 2.00. The molecule has 0 fully saturated rings. The van der Waals surface area contributed by atoms with Crippen molar-refractivity contribution in [2.24, 2.45) is 0 Å². The number of hydrogen-bond donors (Lipinski definition) is 0. The van der Waals surface area contributed by atoms with Crippen molar-refractivity contribution in [3.63, 3.8) is 0 Å². The molecule has 0 N–H and O–H groups in total. The number of fused-ring (bicyclic) bond motifs is 1. The molecule has 1 heterocycles. The molecule has 0 saturated heterocycles. The second-order valence-electron chi connectivity index (χ2n) is 6.17. The van der Waals surface area contributed by atoms with Crippen LogP contribution in [0.15, 0.2) is 36.4 Å². The minimum Gasteiger partial charge on any atom is -0.444 e. The molecular weight excluding hydrogens is 332 g/mol. The Morgan fingerprint density at radius 1 is 1.08 bits per heavy atom. The van der Waals surface area contributed by atoms with Crippen LogP contribution < -0.4 is 4.90 Å². The Morgan fingerprint density at radius 2 is 1.77 bits per heavy atom. The fourth-order valence-electron chi connectivity index (χ4n) is 2.80. The molecule has 6 nitrogen and oxygen atoms in total. The molecule has 0 aromatic heterocycles. The van der Waals surface area contributed by atoms with E-state index in [0.717, 1.165) is 16.0 Å². The minimum atomic E-state index is -0.903. The van der Waals surface area contributed by atoms with Gasteiger partial charge in [-0.15, -0.1) is 0 Å². The summed E-state index contributed by atoms with van der Waals surface area (Å²) in [5.74, 6) is -1.63. The summed E-state index contributed by atoms with van der Waals surface area (Å²) >= 11 is 0. The van der Waals surface area contributed by atoms with E-state index in [2.05, 4.69) is 0 Å². The standard InChI is InChI=1S/C20H16N2O4/c1-11-4-5-12(2)17(8-11)22-18(23)15-7-6-14(9-16(15)19(22)24)20(25)26-13(3)10-21/h4-9,13H,1-3H3. The van der Waals surface area contributed by atoms with Crippen LogP contribution in [-0.4, -0.2) is 23.9 Å². The number of rotatable bonds is 3. The van der Waals surface area contributed by atoms with E-state index in [-0.39, 0.29) is 16.7 Å². The molecule has 0 saturated carbocycles. The Morgan fingerprint density at radius 3 is 2.46 bits per heavy atom. The molecule has 1 aliphatic heterocycles. The molecule has 26 heavy (non-hydrogen) atoms. The fourth-order valence-corrected chi connectivity index (χ4v) is 2.80. The number of ether oxygens (including phenoxy) is 1. The Labute approximate surface area is 150 Å². The SMILES string of the molecule is Cc1ccc(C)c(N2C(=O)c3ccc(C(=O)OC(C)C#N)cc3C2=O)c1.